The van der Waals surface area contributed by atoms with E-state index in [4.69, 9.17) is 0 Å². The summed E-state index contributed by atoms with van der Waals surface area (Å²) in [6.45, 7) is 12.4. The van der Waals surface area contributed by atoms with Crippen LogP contribution >= 0.6 is 0 Å². The van der Waals surface area contributed by atoms with Gasteiger partial charge in [-0.15, -0.1) is 0 Å². The third-order valence-electron chi connectivity index (χ3n) is 3.44. The van der Waals surface area contributed by atoms with Gasteiger partial charge in [0.25, 0.3) is 0 Å². The molecule has 2 atom stereocenters. The van der Waals surface area contributed by atoms with Crippen molar-refractivity contribution < 1.29 is 9.00 Å². The summed E-state index contributed by atoms with van der Waals surface area (Å²) in [5.74, 6) is 2.05. The molecule has 4 nitrogen and oxygen atoms in total. The van der Waals surface area contributed by atoms with Crippen LogP contribution in [0.3, 0.4) is 0 Å². The molecule has 1 saturated heterocycles. The van der Waals surface area contributed by atoms with Gasteiger partial charge in [0.15, 0.2) is 0 Å². The van der Waals surface area contributed by atoms with Crippen molar-refractivity contribution in [2.24, 2.45) is 5.92 Å². The van der Waals surface area contributed by atoms with Crippen LogP contribution in [0.25, 0.3) is 0 Å². The van der Waals surface area contributed by atoms with Gasteiger partial charge in [-0.1, -0.05) is 6.92 Å². The van der Waals surface area contributed by atoms with Crippen LogP contribution in [0.2, 0.25) is 0 Å². The van der Waals surface area contributed by atoms with E-state index in [9.17, 15) is 9.00 Å². The molecule has 1 aliphatic rings. The summed E-state index contributed by atoms with van der Waals surface area (Å²) in [5, 5.41) is 0. The summed E-state index contributed by atoms with van der Waals surface area (Å²) < 4.78 is 11.7. The Hall–Kier alpha value is -0.420. The van der Waals surface area contributed by atoms with Crippen molar-refractivity contribution in [3.8, 4) is 0 Å². The molecule has 1 amide bonds. The predicted octanol–water partition coefficient (Wildman–Crippen LogP) is 1.33. The molecule has 1 rings (SSSR count). The molecule has 0 unspecified atom stereocenters. The third kappa shape index (κ3) is 5.22. The van der Waals surface area contributed by atoms with E-state index in [2.05, 4.69) is 39.5 Å². The van der Waals surface area contributed by atoms with Crippen LogP contribution in [-0.2, 0) is 15.6 Å². The largest absolute Gasteiger partial charge is 0.337 e. The average Bonchev–Trinajstić information content (AvgIpc) is 2.38. The predicted molar refractivity (Wildman–Crippen MR) is 80.6 cm³/mol. The second kappa shape index (κ2) is 7.39. The number of nitrogens with zero attached hydrogens (tertiary/aromatic N) is 2. The summed E-state index contributed by atoms with van der Waals surface area (Å²) >= 11 is 0. The fraction of sp³-hybridized carbons (Fsp3) is 0.929. The Morgan fingerprint density at radius 3 is 2.42 bits per heavy atom. The quantitative estimate of drug-likeness (QED) is 0.784. The number of carbonyl (C=O) groups excluding carboxylic acids is 1. The molecule has 0 saturated carbocycles. The summed E-state index contributed by atoms with van der Waals surface area (Å²) in [4.78, 5) is 16.5. The van der Waals surface area contributed by atoms with Gasteiger partial charge in [-0.2, -0.15) is 0 Å². The topological polar surface area (TPSA) is 40.6 Å². The van der Waals surface area contributed by atoms with Crippen molar-refractivity contribution in [2.45, 2.75) is 46.7 Å². The minimum absolute atomic E-state index is 0.185. The van der Waals surface area contributed by atoms with E-state index in [1.165, 1.54) is 0 Å². The Morgan fingerprint density at radius 2 is 1.89 bits per heavy atom. The molecule has 0 aromatic carbocycles. The summed E-state index contributed by atoms with van der Waals surface area (Å²) in [6, 6.07) is 0.456. The maximum Gasteiger partial charge on any atom is 0.237 e. The van der Waals surface area contributed by atoms with Crippen molar-refractivity contribution in [3.05, 3.63) is 0 Å². The van der Waals surface area contributed by atoms with E-state index in [0.717, 1.165) is 18.8 Å². The Balaban J connectivity index is 2.62. The molecule has 0 aromatic heterocycles. The Morgan fingerprint density at radius 1 is 1.32 bits per heavy atom. The standard InChI is InChI=1S/C14H28N2O2S/c1-11(2)16(12(3)4)14(17)9-15-6-7-19(18)10-13(5)8-15/h11-13H,6-10H2,1-5H3/t13-,19+/m0/s1. The first-order valence-electron chi connectivity index (χ1n) is 7.19. The Bertz CT molecular complexity index is 323. The summed E-state index contributed by atoms with van der Waals surface area (Å²) in [7, 11) is -0.718. The molecule has 0 bridgehead atoms. The maximum atomic E-state index is 12.4. The van der Waals surface area contributed by atoms with Crippen molar-refractivity contribution in [2.75, 3.05) is 31.1 Å². The zero-order chi connectivity index (χ0) is 14.6. The number of amides is 1. The van der Waals surface area contributed by atoms with Gasteiger partial charge in [0.2, 0.25) is 5.91 Å². The fourth-order valence-corrected chi connectivity index (χ4v) is 4.17. The monoisotopic (exact) mass is 288 g/mol. The van der Waals surface area contributed by atoms with Crippen LogP contribution in [0.4, 0.5) is 0 Å². The zero-order valence-electron chi connectivity index (χ0n) is 12.9. The first-order chi connectivity index (χ1) is 8.81. The van der Waals surface area contributed by atoms with Gasteiger partial charge in [0, 0.05) is 47.5 Å². The number of hydrogen-bond donors (Lipinski definition) is 0. The number of hydrogen-bond acceptors (Lipinski definition) is 3. The van der Waals surface area contributed by atoms with Gasteiger partial charge >= 0.3 is 0 Å². The van der Waals surface area contributed by atoms with Crippen molar-refractivity contribution >= 4 is 16.7 Å². The van der Waals surface area contributed by atoms with E-state index >= 15 is 0 Å². The molecule has 0 N–H and O–H groups in total. The lowest BCUT2D eigenvalue weighted by Crippen LogP contribution is -2.48. The Labute approximate surface area is 120 Å². The molecule has 1 heterocycles. The van der Waals surface area contributed by atoms with Crippen molar-refractivity contribution in [1.29, 1.82) is 0 Å². The molecular formula is C14H28N2O2S. The van der Waals surface area contributed by atoms with E-state index in [0.29, 0.717) is 18.2 Å². The Kier molecular flexibility index (Phi) is 6.47. The highest BCUT2D eigenvalue weighted by atomic mass is 32.2. The zero-order valence-corrected chi connectivity index (χ0v) is 13.7. The molecule has 0 radical (unpaired) electrons. The van der Waals surface area contributed by atoms with E-state index in [1.54, 1.807) is 0 Å². The lowest BCUT2D eigenvalue weighted by atomic mass is 10.2. The van der Waals surface area contributed by atoms with E-state index in [1.807, 2.05) is 4.90 Å². The van der Waals surface area contributed by atoms with Gasteiger partial charge in [-0.25, -0.2) is 0 Å². The minimum Gasteiger partial charge on any atom is -0.337 e. The van der Waals surface area contributed by atoms with Crippen LogP contribution in [0.15, 0.2) is 0 Å². The molecule has 0 aliphatic carbocycles. The molecule has 1 fully saturated rings. The number of rotatable bonds is 4. The third-order valence-corrected chi connectivity index (χ3v) is 5.01. The van der Waals surface area contributed by atoms with Crippen LogP contribution in [0.5, 0.6) is 0 Å². The van der Waals surface area contributed by atoms with Crippen LogP contribution in [0, 0.1) is 5.92 Å². The van der Waals surface area contributed by atoms with Crippen LogP contribution in [0.1, 0.15) is 34.6 Å². The minimum atomic E-state index is -0.718. The summed E-state index contributed by atoms with van der Waals surface area (Å²) in [6.07, 6.45) is 0. The van der Waals surface area contributed by atoms with Gasteiger partial charge in [-0.3, -0.25) is 13.9 Å². The van der Waals surface area contributed by atoms with Crippen molar-refractivity contribution in [3.63, 3.8) is 0 Å². The molecule has 5 heteroatoms. The first kappa shape index (κ1) is 16.6. The highest BCUT2D eigenvalue weighted by molar-refractivity contribution is 7.85. The van der Waals surface area contributed by atoms with Crippen molar-refractivity contribution in [1.82, 2.24) is 9.80 Å². The van der Waals surface area contributed by atoms with Crippen LogP contribution < -0.4 is 0 Å². The SMILES string of the molecule is CC(C)N(C(=O)CN1CC[S@@](=O)C[C@@H](C)C1)C(C)C. The normalized spacial score (nSPS) is 25.6. The second-order valence-electron chi connectivity index (χ2n) is 6.14. The van der Waals surface area contributed by atoms with E-state index < -0.39 is 10.8 Å². The lowest BCUT2D eigenvalue weighted by molar-refractivity contribution is -0.136. The lowest BCUT2D eigenvalue weighted by Gasteiger charge is -2.33. The second-order valence-corrected chi connectivity index (χ2v) is 7.76. The number of carbonyl (C=O) groups is 1. The molecule has 1 aliphatic heterocycles. The first-order valence-corrected chi connectivity index (χ1v) is 8.68. The van der Waals surface area contributed by atoms with Gasteiger partial charge in [0.1, 0.15) is 0 Å². The molecule has 112 valence electrons. The highest BCUT2D eigenvalue weighted by Gasteiger charge is 2.25. The van der Waals surface area contributed by atoms with Crippen LogP contribution in [-0.4, -0.2) is 63.1 Å². The molecule has 19 heavy (non-hydrogen) atoms. The van der Waals surface area contributed by atoms with Gasteiger partial charge in [0.05, 0.1) is 6.54 Å². The summed E-state index contributed by atoms with van der Waals surface area (Å²) in [5.41, 5.74) is 0. The molecule has 0 aromatic rings. The average molecular weight is 288 g/mol. The maximum absolute atomic E-state index is 12.4. The van der Waals surface area contributed by atoms with Gasteiger partial charge < -0.3 is 4.90 Å². The smallest absolute Gasteiger partial charge is 0.237 e. The molecule has 0 spiro atoms. The fourth-order valence-electron chi connectivity index (χ4n) is 2.81. The highest BCUT2D eigenvalue weighted by Crippen LogP contribution is 2.11. The molecular weight excluding hydrogens is 260 g/mol. The van der Waals surface area contributed by atoms with E-state index in [-0.39, 0.29) is 18.0 Å². The van der Waals surface area contributed by atoms with Gasteiger partial charge in [-0.05, 0) is 33.6 Å².